The molecule has 2 N–H and O–H groups in total. The zero-order valence-corrected chi connectivity index (χ0v) is 15.7. The number of piperidine rings is 1. The summed E-state index contributed by atoms with van der Waals surface area (Å²) in [7, 11) is 1.05. The molecule has 1 atom stereocenters. The van der Waals surface area contributed by atoms with Crippen LogP contribution in [0.3, 0.4) is 0 Å². The molecule has 6 nitrogen and oxygen atoms in total. The van der Waals surface area contributed by atoms with Gasteiger partial charge >= 0.3 is 12.1 Å². The number of alkyl halides is 3. The van der Waals surface area contributed by atoms with Crippen molar-refractivity contribution in [3.8, 4) is 0 Å². The van der Waals surface area contributed by atoms with Crippen molar-refractivity contribution in [2.75, 3.05) is 30.8 Å². The van der Waals surface area contributed by atoms with E-state index in [-0.39, 0.29) is 16.9 Å². The molecule has 1 aromatic heterocycles. The normalized spacial score (nSPS) is 17.5. The van der Waals surface area contributed by atoms with Gasteiger partial charge in [-0.25, -0.2) is 4.79 Å². The highest BCUT2D eigenvalue weighted by molar-refractivity contribution is 6.29. The summed E-state index contributed by atoms with van der Waals surface area (Å²) < 4.78 is 44.9. The smallest absolute Gasteiger partial charge is 0.417 e. The highest BCUT2D eigenvalue weighted by Crippen LogP contribution is 2.37. The molecule has 1 aromatic carbocycles. The van der Waals surface area contributed by atoms with Gasteiger partial charge in [-0.3, -0.25) is 0 Å². The Morgan fingerprint density at radius 1 is 1.32 bits per heavy atom. The largest absolute Gasteiger partial charge is 0.465 e. The molecule has 0 amide bonds. The van der Waals surface area contributed by atoms with Gasteiger partial charge < -0.3 is 15.4 Å². The number of ether oxygens (including phenoxy) is 1. The Labute approximate surface area is 164 Å². The van der Waals surface area contributed by atoms with Crippen LogP contribution >= 0.6 is 11.6 Å². The minimum Gasteiger partial charge on any atom is -0.465 e. The van der Waals surface area contributed by atoms with E-state index in [1.807, 2.05) is 4.90 Å². The number of aromatic nitrogens is 2. The molecular formula is C18H18ClF3N4O2. The summed E-state index contributed by atoms with van der Waals surface area (Å²) in [5.74, 6) is -0.982. The molecule has 0 aliphatic carbocycles. The van der Waals surface area contributed by atoms with Crippen molar-refractivity contribution in [1.29, 1.82) is 0 Å². The molecule has 0 spiro atoms. The number of hydrogen-bond donors (Lipinski definition) is 1. The minimum atomic E-state index is -4.67. The summed E-state index contributed by atoms with van der Waals surface area (Å²) in [6, 6.07) is 5.33. The number of methoxy groups -OCH3 is 1. The van der Waals surface area contributed by atoms with E-state index >= 15 is 0 Å². The molecule has 1 saturated heterocycles. The van der Waals surface area contributed by atoms with Crippen LogP contribution in [-0.2, 0) is 10.9 Å². The third-order valence-electron chi connectivity index (χ3n) is 4.76. The van der Waals surface area contributed by atoms with Crippen LogP contribution in [0, 0.1) is 0 Å². The number of rotatable bonds is 3. The molecule has 0 bridgehead atoms. The van der Waals surface area contributed by atoms with Gasteiger partial charge in [0, 0.05) is 25.1 Å². The Morgan fingerprint density at radius 2 is 2.07 bits per heavy atom. The molecule has 3 rings (SSSR count). The second-order valence-electron chi connectivity index (χ2n) is 6.52. The van der Waals surface area contributed by atoms with Crippen LogP contribution in [0.2, 0.25) is 5.15 Å². The molecule has 0 saturated carbocycles. The first-order valence-corrected chi connectivity index (χ1v) is 8.91. The maximum Gasteiger partial charge on any atom is 0.417 e. The van der Waals surface area contributed by atoms with Gasteiger partial charge in [0.05, 0.1) is 23.9 Å². The van der Waals surface area contributed by atoms with E-state index in [9.17, 15) is 18.0 Å². The van der Waals surface area contributed by atoms with Gasteiger partial charge in [-0.2, -0.15) is 13.2 Å². The Bertz CT molecular complexity index is 892. The fourth-order valence-electron chi connectivity index (χ4n) is 3.43. The molecule has 1 aliphatic rings. The summed E-state index contributed by atoms with van der Waals surface area (Å²) in [6.45, 7) is 1.12. The molecule has 10 heteroatoms. The number of halogens is 4. The number of anilines is 2. The first-order valence-electron chi connectivity index (χ1n) is 8.53. The van der Waals surface area contributed by atoms with Gasteiger partial charge in [-0.15, -0.1) is 10.2 Å². The van der Waals surface area contributed by atoms with Crippen LogP contribution in [0.4, 0.5) is 24.7 Å². The van der Waals surface area contributed by atoms with Crippen molar-refractivity contribution in [3.63, 3.8) is 0 Å². The van der Waals surface area contributed by atoms with Crippen LogP contribution in [0.25, 0.3) is 0 Å². The van der Waals surface area contributed by atoms with Crippen molar-refractivity contribution in [3.05, 3.63) is 46.1 Å². The molecule has 28 heavy (non-hydrogen) atoms. The number of benzene rings is 1. The Morgan fingerprint density at radius 3 is 2.75 bits per heavy atom. The number of hydrogen-bond acceptors (Lipinski definition) is 6. The summed E-state index contributed by atoms with van der Waals surface area (Å²) in [6.07, 6.45) is -3.21. The van der Waals surface area contributed by atoms with E-state index in [0.29, 0.717) is 30.8 Å². The zero-order valence-electron chi connectivity index (χ0n) is 15.0. The number of carbonyl (C=O) groups is 1. The van der Waals surface area contributed by atoms with Crippen molar-refractivity contribution in [2.24, 2.45) is 0 Å². The summed E-state index contributed by atoms with van der Waals surface area (Å²) in [4.78, 5) is 13.6. The lowest BCUT2D eigenvalue weighted by Gasteiger charge is -2.35. The van der Waals surface area contributed by atoms with Crippen LogP contribution in [0.1, 0.15) is 40.2 Å². The number of nitrogens with two attached hydrogens (primary N) is 1. The monoisotopic (exact) mass is 414 g/mol. The third-order valence-corrected chi connectivity index (χ3v) is 4.94. The molecule has 150 valence electrons. The average molecular weight is 415 g/mol. The van der Waals surface area contributed by atoms with E-state index in [1.165, 1.54) is 12.1 Å². The van der Waals surface area contributed by atoms with Crippen LogP contribution < -0.4 is 10.6 Å². The second kappa shape index (κ2) is 7.83. The summed E-state index contributed by atoms with van der Waals surface area (Å²) >= 11 is 5.90. The van der Waals surface area contributed by atoms with E-state index in [2.05, 4.69) is 14.9 Å². The lowest BCUT2D eigenvalue weighted by Crippen LogP contribution is -2.35. The predicted octanol–water partition coefficient (Wildman–Crippen LogP) is 3.90. The highest BCUT2D eigenvalue weighted by atomic mass is 35.5. The highest BCUT2D eigenvalue weighted by Gasteiger charge is 2.36. The Kier molecular flexibility index (Phi) is 5.64. The fourth-order valence-corrected chi connectivity index (χ4v) is 3.57. The van der Waals surface area contributed by atoms with Crippen molar-refractivity contribution >= 4 is 29.1 Å². The van der Waals surface area contributed by atoms with Gasteiger partial charge in [0.15, 0.2) is 11.0 Å². The van der Waals surface area contributed by atoms with Gasteiger partial charge in [-0.1, -0.05) is 17.7 Å². The lowest BCUT2D eigenvalue weighted by atomic mass is 9.88. The molecule has 2 heterocycles. The van der Waals surface area contributed by atoms with Crippen molar-refractivity contribution in [2.45, 2.75) is 24.9 Å². The Balaban J connectivity index is 1.92. The number of esters is 1. The van der Waals surface area contributed by atoms with E-state index in [0.717, 1.165) is 19.6 Å². The zero-order chi connectivity index (χ0) is 20.5. The number of nitrogens with zero attached hydrogens (tertiary/aromatic N) is 3. The standard InChI is InChI=1S/C18H18ClF3N4O2/c1-28-17(27)12-5-4-10(7-13(12)18(20,21)22)11-3-2-6-26(9-11)14-8-15(19)24-25-16(14)23/h4-5,7-8,11H,2-3,6,9H2,1H3,(H2,23,25)/t11-/m0/s1. The maximum absolute atomic E-state index is 13.5. The third kappa shape index (κ3) is 4.14. The van der Waals surface area contributed by atoms with Gasteiger partial charge in [-0.05, 0) is 30.5 Å². The molecular weight excluding hydrogens is 397 g/mol. The second-order valence-corrected chi connectivity index (χ2v) is 6.90. The molecule has 1 fully saturated rings. The van der Waals surface area contributed by atoms with E-state index < -0.39 is 23.3 Å². The number of carbonyl (C=O) groups excluding carboxylic acids is 1. The van der Waals surface area contributed by atoms with Gasteiger partial charge in [0.2, 0.25) is 0 Å². The Hall–Kier alpha value is -2.55. The molecule has 1 aliphatic heterocycles. The van der Waals surface area contributed by atoms with Gasteiger partial charge in [0.1, 0.15) is 0 Å². The van der Waals surface area contributed by atoms with E-state index in [4.69, 9.17) is 17.3 Å². The van der Waals surface area contributed by atoms with Crippen LogP contribution in [-0.4, -0.2) is 36.4 Å². The minimum absolute atomic E-state index is 0.173. The molecule has 0 radical (unpaired) electrons. The average Bonchev–Trinajstić information content (AvgIpc) is 2.68. The van der Waals surface area contributed by atoms with Gasteiger partial charge in [0.25, 0.3) is 0 Å². The van der Waals surface area contributed by atoms with E-state index in [1.54, 1.807) is 6.07 Å². The summed E-state index contributed by atoms with van der Waals surface area (Å²) in [5.41, 5.74) is 5.48. The maximum atomic E-state index is 13.5. The predicted molar refractivity (Wildman–Crippen MR) is 98.4 cm³/mol. The number of nitrogen functional groups attached to an aromatic ring is 1. The fraction of sp³-hybridized carbons (Fsp3) is 0.389. The molecule has 0 unspecified atom stereocenters. The lowest BCUT2D eigenvalue weighted by molar-refractivity contribution is -0.138. The first kappa shape index (κ1) is 20.2. The van der Waals surface area contributed by atoms with Crippen molar-refractivity contribution < 1.29 is 22.7 Å². The van der Waals surface area contributed by atoms with Crippen molar-refractivity contribution in [1.82, 2.24) is 10.2 Å². The van der Waals surface area contributed by atoms with Crippen LogP contribution in [0.5, 0.6) is 0 Å². The summed E-state index contributed by atoms with van der Waals surface area (Å²) in [5, 5.41) is 7.66. The van der Waals surface area contributed by atoms with Crippen LogP contribution in [0.15, 0.2) is 24.3 Å². The topological polar surface area (TPSA) is 81.3 Å². The quantitative estimate of drug-likeness (QED) is 0.767. The first-order chi connectivity index (χ1) is 13.2. The SMILES string of the molecule is COC(=O)c1ccc([C@H]2CCCN(c3cc(Cl)nnc3N)C2)cc1C(F)(F)F. The molecule has 2 aromatic rings.